The van der Waals surface area contributed by atoms with Crippen LogP contribution < -0.4 is 10.6 Å². The van der Waals surface area contributed by atoms with Crippen molar-refractivity contribution in [1.29, 1.82) is 0 Å². The molecule has 6 N–H and O–H groups in total. The minimum atomic E-state index is -1.90. The second kappa shape index (κ2) is 15.5. The first-order valence-electron chi connectivity index (χ1n) is 15.1. The quantitative estimate of drug-likeness (QED) is 0.154. The summed E-state index contributed by atoms with van der Waals surface area (Å²) in [5.74, 6) is -1.48. The topological polar surface area (TPSA) is 167 Å². The summed E-state index contributed by atoms with van der Waals surface area (Å²) in [6.45, 7) is -0.166. The summed E-state index contributed by atoms with van der Waals surface area (Å²) in [5, 5.41) is 48.7. The van der Waals surface area contributed by atoms with Crippen molar-refractivity contribution >= 4 is 11.8 Å². The molecule has 5 rings (SSSR count). The molecule has 1 fully saturated rings. The van der Waals surface area contributed by atoms with Gasteiger partial charge in [-0.25, -0.2) is 0 Å². The van der Waals surface area contributed by atoms with Crippen LogP contribution in [0.4, 0.5) is 0 Å². The Morgan fingerprint density at radius 3 is 1.89 bits per heavy atom. The number of fused-ring (bicyclic) bond motifs is 1. The van der Waals surface area contributed by atoms with Gasteiger partial charge in [-0.05, 0) is 28.7 Å². The second-order valence-corrected chi connectivity index (χ2v) is 11.5. The Balaban J connectivity index is 1.36. The average molecular weight is 621 g/mol. The molecule has 0 saturated carbocycles. The number of rotatable bonds is 14. The summed E-state index contributed by atoms with van der Waals surface area (Å²) >= 11 is 0. The van der Waals surface area contributed by atoms with Gasteiger partial charge in [-0.2, -0.15) is 0 Å². The first-order valence-corrected chi connectivity index (χ1v) is 15.1. The number of carbonyl (C=O) groups is 2. The lowest BCUT2D eigenvalue weighted by Gasteiger charge is -2.32. The fraction of sp³-hybridized carbons (Fsp3) is 0.412. The van der Waals surface area contributed by atoms with Crippen LogP contribution in [0.3, 0.4) is 0 Å². The maximum atomic E-state index is 13.7. The van der Waals surface area contributed by atoms with Crippen LogP contribution in [0.5, 0.6) is 0 Å². The SMILES string of the molecule is O=C(N[C@@H]1CO[C@H](CO)C1)[C@H](OCc1ccccc1)[C@H](O)[C@@H](O)[C@@H](OCc1ccccc1)C(=O)N[C@H]1c2ccccc2C[C@H]1O. The average Bonchev–Trinajstić information content (AvgIpc) is 3.65. The third-order valence-electron chi connectivity index (χ3n) is 8.16. The highest BCUT2D eigenvalue weighted by Gasteiger charge is 2.43. The summed E-state index contributed by atoms with van der Waals surface area (Å²) in [5.41, 5.74) is 3.09. The third kappa shape index (κ3) is 8.33. The van der Waals surface area contributed by atoms with Gasteiger partial charge in [0.2, 0.25) is 0 Å². The van der Waals surface area contributed by atoms with E-state index in [0.717, 1.165) is 22.3 Å². The van der Waals surface area contributed by atoms with Crippen LogP contribution in [0.1, 0.15) is 34.7 Å². The molecule has 1 saturated heterocycles. The molecule has 0 spiro atoms. The van der Waals surface area contributed by atoms with Gasteiger partial charge in [0.1, 0.15) is 12.2 Å². The number of hydrogen-bond acceptors (Lipinski definition) is 9. The Bertz CT molecular complexity index is 1390. The predicted molar refractivity (Wildman–Crippen MR) is 162 cm³/mol. The summed E-state index contributed by atoms with van der Waals surface area (Å²) in [6, 6.07) is 24.2. The number of ether oxygens (including phenoxy) is 3. The van der Waals surface area contributed by atoms with Crippen molar-refractivity contribution in [1.82, 2.24) is 10.6 Å². The lowest BCUT2D eigenvalue weighted by Crippen LogP contribution is -2.57. The van der Waals surface area contributed by atoms with E-state index in [1.807, 2.05) is 36.4 Å². The largest absolute Gasteiger partial charge is 0.394 e. The lowest BCUT2D eigenvalue weighted by atomic mass is 9.99. The fourth-order valence-corrected chi connectivity index (χ4v) is 5.74. The predicted octanol–water partition coefficient (Wildman–Crippen LogP) is 0.920. The van der Waals surface area contributed by atoms with E-state index in [1.54, 1.807) is 48.5 Å². The molecule has 1 heterocycles. The van der Waals surface area contributed by atoms with Gasteiger partial charge in [0.05, 0.1) is 50.7 Å². The van der Waals surface area contributed by atoms with E-state index in [4.69, 9.17) is 14.2 Å². The fourth-order valence-electron chi connectivity index (χ4n) is 5.74. The molecule has 1 aliphatic carbocycles. The molecule has 240 valence electrons. The highest BCUT2D eigenvalue weighted by molar-refractivity contribution is 5.84. The lowest BCUT2D eigenvalue weighted by molar-refractivity contribution is -0.171. The number of amides is 2. The van der Waals surface area contributed by atoms with E-state index in [9.17, 15) is 30.0 Å². The van der Waals surface area contributed by atoms with Crippen LogP contribution in [-0.4, -0.2) is 88.1 Å². The molecule has 0 aromatic heterocycles. The van der Waals surface area contributed by atoms with Crippen LogP contribution in [0.2, 0.25) is 0 Å². The zero-order chi connectivity index (χ0) is 31.8. The minimum Gasteiger partial charge on any atom is -0.394 e. The molecular weight excluding hydrogens is 580 g/mol. The summed E-state index contributed by atoms with van der Waals surface area (Å²) in [7, 11) is 0. The van der Waals surface area contributed by atoms with Crippen molar-refractivity contribution in [3.05, 3.63) is 107 Å². The van der Waals surface area contributed by atoms with Crippen LogP contribution in [0.25, 0.3) is 0 Å². The normalized spacial score (nSPS) is 23.5. The van der Waals surface area contributed by atoms with E-state index < -0.39 is 60.5 Å². The van der Waals surface area contributed by atoms with Crippen LogP contribution in [0.15, 0.2) is 84.9 Å². The molecule has 2 aliphatic rings. The van der Waals surface area contributed by atoms with Crippen molar-refractivity contribution in [2.45, 2.75) is 74.8 Å². The zero-order valence-corrected chi connectivity index (χ0v) is 24.8. The number of carbonyl (C=O) groups excluding carboxylic acids is 2. The standard InChI is InChI=1S/C34H40N2O9/c37-17-25-16-24(20-43-25)35-33(41)31(44-18-21-9-3-1-4-10-21)29(39)30(40)32(45-19-22-11-5-2-6-12-22)34(42)36-28-26-14-8-7-13-23(26)15-27(28)38/h1-14,24-25,27-32,37-40H,15-20H2,(H,35,41)(H,36,42)/t24-,25-,27+,28-,29+,30+,31+,32+/m0/s1. The first kappa shape index (κ1) is 32.7. The van der Waals surface area contributed by atoms with Crippen molar-refractivity contribution in [3.63, 3.8) is 0 Å². The van der Waals surface area contributed by atoms with E-state index in [2.05, 4.69) is 10.6 Å². The molecule has 45 heavy (non-hydrogen) atoms. The van der Waals surface area contributed by atoms with Crippen LogP contribution >= 0.6 is 0 Å². The van der Waals surface area contributed by atoms with Crippen molar-refractivity contribution in [3.8, 4) is 0 Å². The third-order valence-corrected chi connectivity index (χ3v) is 8.16. The van der Waals surface area contributed by atoms with Crippen molar-refractivity contribution in [2.24, 2.45) is 0 Å². The number of hydrogen-bond donors (Lipinski definition) is 6. The number of aliphatic hydroxyl groups is 4. The van der Waals surface area contributed by atoms with Gasteiger partial charge < -0.3 is 45.3 Å². The van der Waals surface area contributed by atoms with E-state index >= 15 is 0 Å². The summed E-state index contributed by atoms with van der Waals surface area (Å²) in [4.78, 5) is 27.2. The van der Waals surface area contributed by atoms with Crippen LogP contribution in [-0.2, 0) is 43.4 Å². The monoisotopic (exact) mass is 620 g/mol. The molecule has 0 radical (unpaired) electrons. The van der Waals surface area contributed by atoms with Gasteiger partial charge >= 0.3 is 0 Å². The summed E-state index contributed by atoms with van der Waals surface area (Å²) in [6.07, 6.45) is -7.64. The molecule has 3 aromatic carbocycles. The second-order valence-electron chi connectivity index (χ2n) is 11.5. The summed E-state index contributed by atoms with van der Waals surface area (Å²) < 4.78 is 17.3. The maximum Gasteiger partial charge on any atom is 0.252 e. The Kier molecular flexibility index (Phi) is 11.3. The smallest absolute Gasteiger partial charge is 0.252 e. The van der Waals surface area contributed by atoms with E-state index in [-0.39, 0.29) is 26.4 Å². The molecule has 1 aliphatic heterocycles. The van der Waals surface area contributed by atoms with Gasteiger partial charge in [-0.1, -0.05) is 84.9 Å². The Morgan fingerprint density at radius 1 is 0.800 bits per heavy atom. The van der Waals surface area contributed by atoms with E-state index in [1.165, 1.54) is 0 Å². The molecule has 2 amide bonds. The van der Waals surface area contributed by atoms with Gasteiger partial charge in [0.25, 0.3) is 11.8 Å². The minimum absolute atomic E-state index is 0.0596. The Morgan fingerprint density at radius 2 is 1.33 bits per heavy atom. The van der Waals surface area contributed by atoms with Crippen molar-refractivity contribution in [2.75, 3.05) is 13.2 Å². The van der Waals surface area contributed by atoms with Gasteiger partial charge in [0.15, 0.2) is 12.2 Å². The molecule has 0 unspecified atom stereocenters. The van der Waals surface area contributed by atoms with Crippen molar-refractivity contribution < 1.29 is 44.2 Å². The van der Waals surface area contributed by atoms with Gasteiger partial charge in [-0.15, -0.1) is 0 Å². The number of aliphatic hydroxyl groups excluding tert-OH is 4. The maximum absolute atomic E-state index is 13.7. The molecular formula is C34H40N2O9. The highest BCUT2D eigenvalue weighted by Crippen LogP contribution is 2.31. The first-order chi connectivity index (χ1) is 21.8. The molecule has 8 atom stereocenters. The van der Waals surface area contributed by atoms with Crippen LogP contribution in [0, 0.1) is 0 Å². The highest BCUT2D eigenvalue weighted by atomic mass is 16.5. The van der Waals surface area contributed by atoms with Gasteiger partial charge in [-0.3, -0.25) is 9.59 Å². The van der Waals surface area contributed by atoms with Gasteiger partial charge in [0, 0.05) is 6.42 Å². The molecule has 0 bridgehead atoms. The Labute approximate surface area is 261 Å². The Hall–Kier alpha value is -3.68. The number of benzene rings is 3. The molecule has 11 heteroatoms. The zero-order valence-electron chi connectivity index (χ0n) is 24.8. The molecule has 11 nitrogen and oxygen atoms in total. The number of nitrogens with one attached hydrogen (secondary N) is 2. The van der Waals surface area contributed by atoms with E-state index in [0.29, 0.717) is 12.8 Å². The molecule has 3 aromatic rings.